The highest BCUT2D eigenvalue weighted by molar-refractivity contribution is 6.30. The van der Waals surface area contributed by atoms with Gasteiger partial charge in [-0.05, 0) is 72.0 Å². The number of carbonyl (C=O) groups is 1. The lowest BCUT2D eigenvalue weighted by Gasteiger charge is -2.07. The Labute approximate surface area is 186 Å². The Morgan fingerprint density at radius 1 is 1.13 bits per heavy atom. The summed E-state index contributed by atoms with van der Waals surface area (Å²) in [6, 6.07) is 20.9. The summed E-state index contributed by atoms with van der Waals surface area (Å²) in [6.07, 6.45) is 4.31. The van der Waals surface area contributed by atoms with Crippen LogP contribution in [0.15, 0.2) is 77.2 Å². The molecule has 1 atom stereocenters. The highest BCUT2D eigenvalue weighted by Crippen LogP contribution is 2.29. The predicted molar refractivity (Wildman–Crippen MR) is 127 cm³/mol. The van der Waals surface area contributed by atoms with Gasteiger partial charge in [0.2, 0.25) is 11.8 Å². The van der Waals surface area contributed by atoms with Gasteiger partial charge in [0, 0.05) is 22.3 Å². The summed E-state index contributed by atoms with van der Waals surface area (Å²) < 4.78 is 5.95. The molecule has 0 aliphatic carbocycles. The Morgan fingerprint density at radius 3 is 2.71 bits per heavy atom. The number of rotatable bonds is 6. The summed E-state index contributed by atoms with van der Waals surface area (Å²) in [5.74, 6) is 0.788. The molecule has 0 saturated heterocycles. The van der Waals surface area contributed by atoms with Crippen LogP contribution in [-0.4, -0.2) is 10.9 Å². The number of halogens is 1. The van der Waals surface area contributed by atoms with Crippen molar-refractivity contribution >= 4 is 40.4 Å². The Morgan fingerprint density at radius 2 is 1.94 bits per heavy atom. The maximum atomic E-state index is 12.3. The first-order valence-electron chi connectivity index (χ1n) is 10.3. The van der Waals surface area contributed by atoms with E-state index in [9.17, 15) is 4.79 Å². The zero-order valence-electron chi connectivity index (χ0n) is 17.4. The molecule has 1 unspecified atom stereocenters. The molecule has 1 heterocycles. The SMILES string of the molecule is CCC(C)c1ccc2oc(-c3cccc(NC(=O)/C=C/c4ccc(Cl)cc4)c3)nc2c1. The normalized spacial score (nSPS) is 12.4. The van der Waals surface area contributed by atoms with Gasteiger partial charge >= 0.3 is 0 Å². The van der Waals surface area contributed by atoms with Crippen LogP contribution in [0.25, 0.3) is 28.6 Å². The van der Waals surface area contributed by atoms with E-state index < -0.39 is 0 Å². The summed E-state index contributed by atoms with van der Waals surface area (Å²) >= 11 is 5.88. The van der Waals surface area contributed by atoms with Crippen molar-refractivity contribution < 1.29 is 9.21 Å². The minimum atomic E-state index is -0.220. The number of benzene rings is 3. The highest BCUT2D eigenvalue weighted by atomic mass is 35.5. The molecule has 4 rings (SSSR count). The zero-order valence-corrected chi connectivity index (χ0v) is 18.2. The van der Waals surface area contributed by atoms with Crippen LogP contribution in [-0.2, 0) is 4.79 Å². The fourth-order valence-corrected chi connectivity index (χ4v) is 3.40. The Hall–Kier alpha value is -3.37. The molecular weight excluding hydrogens is 408 g/mol. The van der Waals surface area contributed by atoms with Gasteiger partial charge in [-0.1, -0.05) is 49.7 Å². The Bertz CT molecular complexity index is 1240. The number of anilines is 1. The van der Waals surface area contributed by atoms with Gasteiger partial charge in [0.25, 0.3) is 0 Å². The average molecular weight is 431 g/mol. The van der Waals surface area contributed by atoms with Gasteiger partial charge in [0.15, 0.2) is 5.58 Å². The van der Waals surface area contributed by atoms with Crippen molar-refractivity contribution in [3.05, 3.63) is 89.0 Å². The number of amides is 1. The second kappa shape index (κ2) is 9.19. The van der Waals surface area contributed by atoms with E-state index in [1.54, 1.807) is 18.2 Å². The molecule has 4 aromatic rings. The van der Waals surface area contributed by atoms with Crippen LogP contribution in [0.2, 0.25) is 5.02 Å². The largest absolute Gasteiger partial charge is 0.436 e. The third-order valence-electron chi connectivity index (χ3n) is 5.27. The van der Waals surface area contributed by atoms with E-state index in [1.165, 1.54) is 11.6 Å². The second-order valence-corrected chi connectivity index (χ2v) is 7.95. The van der Waals surface area contributed by atoms with Gasteiger partial charge in [0.1, 0.15) is 5.52 Å². The predicted octanol–water partition coefficient (Wildman–Crippen LogP) is 7.31. The van der Waals surface area contributed by atoms with Crippen LogP contribution in [0, 0.1) is 0 Å². The van der Waals surface area contributed by atoms with E-state index >= 15 is 0 Å². The molecule has 1 aromatic heterocycles. The monoisotopic (exact) mass is 430 g/mol. The van der Waals surface area contributed by atoms with E-state index in [0.717, 1.165) is 28.6 Å². The molecule has 4 nitrogen and oxygen atoms in total. The van der Waals surface area contributed by atoms with Crippen molar-refractivity contribution in [2.75, 3.05) is 5.32 Å². The standard InChI is InChI=1S/C26H23ClN2O2/c1-3-17(2)19-10-13-24-23(16-19)29-26(31-24)20-5-4-6-22(15-20)28-25(30)14-9-18-7-11-21(27)12-8-18/h4-17H,3H2,1-2H3,(H,28,30)/b14-9+. The number of nitrogens with one attached hydrogen (secondary N) is 1. The first-order valence-corrected chi connectivity index (χ1v) is 10.6. The number of fused-ring (bicyclic) bond motifs is 1. The molecule has 0 fully saturated rings. The summed E-state index contributed by atoms with van der Waals surface area (Å²) in [4.78, 5) is 17.0. The lowest BCUT2D eigenvalue weighted by molar-refractivity contribution is -0.111. The van der Waals surface area contributed by atoms with E-state index in [2.05, 4.69) is 36.3 Å². The summed E-state index contributed by atoms with van der Waals surface area (Å²) in [5, 5.41) is 3.54. The third-order valence-corrected chi connectivity index (χ3v) is 5.52. The van der Waals surface area contributed by atoms with Gasteiger partial charge in [-0.2, -0.15) is 0 Å². The molecule has 31 heavy (non-hydrogen) atoms. The van der Waals surface area contributed by atoms with Crippen molar-refractivity contribution in [1.29, 1.82) is 0 Å². The molecule has 5 heteroatoms. The lowest BCUT2D eigenvalue weighted by Crippen LogP contribution is -2.07. The van der Waals surface area contributed by atoms with Crippen LogP contribution in [0.5, 0.6) is 0 Å². The average Bonchev–Trinajstić information content (AvgIpc) is 3.22. The van der Waals surface area contributed by atoms with Crippen LogP contribution in [0.1, 0.15) is 37.3 Å². The number of aromatic nitrogens is 1. The van der Waals surface area contributed by atoms with E-state index in [1.807, 2.05) is 42.5 Å². The molecule has 0 spiro atoms. The number of oxazole rings is 1. The van der Waals surface area contributed by atoms with Gasteiger partial charge in [-0.3, -0.25) is 4.79 Å². The van der Waals surface area contributed by atoms with Gasteiger partial charge in [-0.15, -0.1) is 0 Å². The van der Waals surface area contributed by atoms with E-state index in [4.69, 9.17) is 16.0 Å². The minimum Gasteiger partial charge on any atom is -0.436 e. The fourth-order valence-electron chi connectivity index (χ4n) is 3.27. The van der Waals surface area contributed by atoms with Gasteiger partial charge < -0.3 is 9.73 Å². The highest BCUT2D eigenvalue weighted by Gasteiger charge is 2.11. The van der Waals surface area contributed by atoms with Crippen molar-refractivity contribution in [2.45, 2.75) is 26.2 Å². The van der Waals surface area contributed by atoms with Crippen molar-refractivity contribution in [1.82, 2.24) is 4.98 Å². The Balaban J connectivity index is 1.51. The molecular formula is C26H23ClN2O2. The van der Waals surface area contributed by atoms with E-state index in [0.29, 0.717) is 22.5 Å². The van der Waals surface area contributed by atoms with Crippen LogP contribution in [0.4, 0.5) is 5.69 Å². The van der Waals surface area contributed by atoms with Crippen LogP contribution in [0.3, 0.4) is 0 Å². The fraction of sp³-hybridized carbons (Fsp3) is 0.154. The van der Waals surface area contributed by atoms with Crippen LogP contribution >= 0.6 is 11.6 Å². The summed E-state index contributed by atoms with van der Waals surface area (Å²) in [6.45, 7) is 4.38. The molecule has 0 aliphatic rings. The number of hydrogen-bond donors (Lipinski definition) is 1. The summed E-state index contributed by atoms with van der Waals surface area (Å²) in [7, 11) is 0. The maximum Gasteiger partial charge on any atom is 0.248 e. The maximum absolute atomic E-state index is 12.3. The zero-order chi connectivity index (χ0) is 21.8. The molecule has 0 aliphatic heterocycles. The molecule has 156 valence electrons. The molecule has 3 aromatic carbocycles. The van der Waals surface area contributed by atoms with E-state index in [-0.39, 0.29) is 5.91 Å². The van der Waals surface area contributed by atoms with Crippen molar-refractivity contribution in [3.63, 3.8) is 0 Å². The number of carbonyl (C=O) groups excluding carboxylic acids is 1. The van der Waals surface area contributed by atoms with Gasteiger partial charge in [0.05, 0.1) is 0 Å². The van der Waals surface area contributed by atoms with Crippen LogP contribution < -0.4 is 5.32 Å². The second-order valence-electron chi connectivity index (χ2n) is 7.51. The van der Waals surface area contributed by atoms with Crippen molar-refractivity contribution in [2.24, 2.45) is 0 Å². The quantitative estimate of drug-likeness (QED) is 0.326. The first-order chi connectivity index (χ1) is 15.0. The molecule has 0 bridgehead atoms. The van der Waals surface area contributed by atoms with Crippen molar-refractivity contribution in [3.8, 4) is 11.5 Å². The number of nitrogens with zero attached hydrogens (tertiary/aromatic N) is 1. The molecule has 1 N–H and O–H groups in total. The lowest BCUT2D eigenvalue weighted by atomic mass is 9.98. The minimum absolute atomic E-state index is 0.220. The smallest absolute Gasteiger partial charge is 0.248 e. The van der Waals surface area contributed by atoms with Gasteiger partial charge in [-0.25, -0.2) is 4.98 Å². The third kappa shape index (κ3) is 5.04. The molecule has 0 saturated carbocycles. The molecule has 1 amide bonds. The topological polar surface area (TPSA) is 55.1 Å². The summed E-state index contributed by atoms with van der Waals surface area (Å²) in [5.41, 5.74) is 5.22. The Kier molecular flexibility index (Phi) is 6.19. The molecule has 0 radical (unpaired) electrons. The number of hydrogen-bond acceptors (Lipinski definition) is 3. The first kappa shape index (κ1) is 20.9.